The molecule has 0 unspecified atom stereocenters. The molecule has 4 aromatic rings. The molecule has 0 amide bonds. The number of hydrogen-bond donors (Lipinski definition) is 1. The summed E-state index contributed by atoms with van der Waals surface area (Å²) in [5.41, 5.74) is 3.87. The first kappa shape index (κ1) is 11.5. The minimum absolute atomic E-state index is 1.06. The molecule has 2 aromatic carbocycles. The highest BCUT2D eigenvalue weighted by Gasteiger charge is 2.12. The van der Waals surface area contributed by atoms with Crippen molar-refractivity contribution in [1.82, 2.24) is 4.98 Å². The molecule has 4 rings (SSSR count). The van der Waals surface area contributed by atoms with E-state index in [1.165, 1.54) is 38.1 Å². The fourth-order valence-corrected chi connectivity index (χ4v) is 3.15. The van der Waals surface area contributed by atoms with Crippen molar-refractivity contribution in [2.24, 2.45) is 7.05 Å². The number of rotatable bonds is 1. The second-order valence-corrected chi connectivity index (χ2v) is 5.42. The van der Waals surface area contributed by atoms with Crippen LogP contribution in [-0.4, -0.2) is 4.98 Å². The van der Waals surface area contributed by atoms with E-state index in [9.17, 15) is 0 Å². The first-order valence-corrected chi connectivity index (χ1v) is 7.09. The van der Waals surface area contributed by atoms with Crippen LogP contribution in [0.2, 0.25) is 0 Å². The van der Waals surface area contributed by atoms with E-state index in [0.717, 1.165) is 6.42 Å². The lowest BCUT2D eigenvalue weighted by molar-refractivity contribution is -0.670. The third-order valence-electron chi connectivity index (χ3n) is 4.16. The highest BCUT2D eigenvalue weighted by atomic mass is 14.9. The average Bonchev–Trinajstić information content (AvgIpc) is 2.85. The second-order valence-electron chi connectivity index (χ2n) is 5.42. The van der Waals surface area contributed by atoms with E-state index in [4.69, 9.17) is 0 Å². The van der Waals surface area contributed by atoms with Crippen molar-refractivity contribution in [3.8, 4) is 0 Å². The molecule has 0 aliphatic carbocycles. The molecule has 0 spiro atoms. The molecule has 1 N–H and O–H groups in total. The molecule has 0 fully saturated rings. The van der Waals surface area contributed by atoms with Gasteiger partial charge in [-0.25, -0.2) is 4.57 Å². The van der Waals surface area contributed by atoms with Crippen molar-refractivity contribution in [2.75, 3.05) is 0 Å². The minimum atomic E-state index is 1.06. The van der Waals surface area contributed by atoms with Gasteiger partial charge in [0, 0.05) is 22.4 Å². The summed E-state index contributed by atoms with van der Waals surface area (Å²) in [5.74, 6) is 0. The molecule has 0 radical (unpaired) electrons. The van der Waals surface area contributed by atoms with Crippen LogP contribution in [0.1, 0.15) is 12.5 Å². The van der Waals surface area contributed by atoms with Crippen LogP contribution in [-0.2, 0) is 13.5 Å². The predicted molar refractivity (Wildman–Crippen MR) is 83.9 cm³/mol. The second kappa shape index (κ2) is 4.07. The fraction of sp³-hybridized carbons (Fsp3) is 0.167. The summed E-state index contributed by atoms with van der Waals surface area (Å²) >= 11 is 0. The maximum absolute atomic E-state index is 3.59. The molecule has 2 heteroatoms. The third kappa shape index (κ3) is 1.48. The van der Waals surface area contributed by atoms with E-state index < -0.39 is 0 Å². The first-order chi connectivity index (χ1) is 9.78. The Kier molecular flexibility index (Phi) is 2.34. The van der Waals surface area contributed by atoms with Gasteiger partial charge < -0.3 is 4.98 Å². The first-order valence-electron chi connectivity index (χ1n) is 7.09. The lowest BCUT2D eigenvalue weighted by Gasteiger charge is -2.05. The Bertz CT molecular complexity index is 948. The van der Waals surface area contributed by atoms with E-state index in [-0.39, 0.29) is 0 Å². The number of aromatic nitrogens is 2. The zero-order valence-electron chi connectivity index (χ0n) is 11.8. The van der Waals surface area contributed by atoms with E-state index in [0.29, 0.717) is 0 Å². The number of nitrogens with zero attached hydrogens (tertiary/aromatic N) is 1. The van der Waals surface area contributed by atoms with Gasteiger partial charge in [-0.05, 0) is 29.5 Å². The number of H-pyrrole nitrogens is 1. The smallest absolute Gasteiger partial charge is 0.178 e. The van der Waals surface area contributed by atoms with Crippen LogP contribution >= 0.6 is 0 Å². The maximum atomic E-state index is 3.59. The number of benzene rings is 2. The summed E-state index contributed by atoms with van der Waals surface area (Å²) in [6, 6.07) is 13.1. The van der Waals surface area contributed by atoms with Crippen LogP contribution in [0.3, 0.4) is 0 Å². The van der Waals surface area contributed by atoms with Crippen molar-refractivity contribution < 1.29 is 4.57 Å². The number of para-hydroxylation sites is 1. The largest absolute Gasteiger partial charge is 0.354 e. The van der Waals surface area contributed by atoms with E-state index in [1.54, 1.807) is 0 Å². The normalized spacial score (nSPS) is 11.7. The van der Waals surface area contributed by atoms with Crippen molar-refractivity contribution in [3.63, 3.8) is 0 Å². The molecule has 0 bridgehead atoms. The van der Waals surface area contributed by atoms with Crippen LogP contribution in [0.4, 0.5) is 0 Å². The third-order valence-corrected chi connectivity index (χ3v) is 4.16. The van der Waals surface area contributed by atoms with Gasteiger partial charge in [0.15, 0.2) is 12.4 Å². The van der Waals surface area contributed by atoms with Gasteiger partial charge in [0.05, 0.1) is 10.9 Å². The number of nitrogens with one attached hydrogen (secondary N) is 1. The van der Waals surface area contributed by atoms with Gasteiger partial charge >= 0.3 is 0 Å². The van der Waals surface area contributed by atoms with Crippen LogP contribution in [0, 0.1) is 0 Å². The van der Waals surface area contributed by atoms with Gasteiger partial charge in [0.1, 0.15) is 7.05 Å². The van der Waals surface area contributed by atoms with Crippen molar-refractivity contribution in [2.45, 2.75) is 13.3 Å². The van der Waals surface area contributed by atoms with Crippen molar-refractivity contribution in [3.05, 3.63) is 54.4 Å². The standard InChI is InChI=1S/C18H16N2/c1-3-12-10-15-14-6-4-5-7-17(14)19-18(15)16-11-20(2)9-8-13(12)16/h4-11H,3H2,1-2H3/p+1. The van der Waals surface area contributed by atoms with Crippen LogP contribution in [0.25, 0.3) is 32.6 Å². The van der Waals surface area contributed by atoms with Crippen LogP contribution < -0.4 is 4.57 Å². The van der Waals surface area contributed by atoms with Crippen molar-refractivity contribution in [1.29, 1.82) is 0 Å². The van der Waals surface area contributed by atoms with E-state index in [1.807, 2.05) is 0 Å². The summed E-state index contributed by atoms with van der Waals surface area (Å²) in [6.45, 7) is 2.22. The maximum Gasteiger partial charge on any atom is 0.178 e. The molecular formula is C18H17N2+. The van der Waals surface area contributed by atoms with Gasteiger partial charge in [-0.3, -0.25) is 0 Å². The molecule has 2 nitrogen and oxygen atoms in total. The van der Waals surface area contributed by atoms with E-state index in [2.05, 4.69) is 72.3 Å². The van der Waals surface area contributed by atoms with Crippen LogP contribution in [0.5, 0.6) is 0 Å². The summed E-state index contributed by atoms with van der Waals surface area (Å²) in [4.78, 5) is 3.59. The van der Waals surface area contributed by atoms with Gasteiger partial charge in [-0.1, -0.05) is 25.1 Å². The average molecular weight is 261 g/mol. The Morgan fingerprint density at radius 1 is 1.00 bits per heavy atom. The lowest BCUT2D eigenvalue weighted by Crippen LogP contribution is -2.26. The van der Waals surface area contributed by atoms with Crippen molar-refractivity contribution >= 4 is 32.6 Å². The Morgan fingerprint density at radius 3 is 2.70 bits per heavy atom. The molecule has 20 heavy (non-hydrogen) atoms. The topological polar surface area (TPSA) is 19.7 Å². The Labute approximate surface area is 117 Å². The SMILES string of the molecule is CCc1cc2c3ccccc3[nH]c2c2c[n+](C)ccc12. The molecule has 2 heterocycles. The summed E-state index contributed by atoms with van der Waals surface area (Å²) in [7, 11) is 2.08. The molecular weight excluding hydrogens is 244 g/mol. The lowest BCUT2D eigenvalue weighted by atomic mass is 10.00. The quantitative estimate of drug-likeness (QED) is 0.502. The minimum Gasteiger partial charge on any atom is -0.354 e. The van der Waals surface area contributed by atoms with E-state index >= 15 is 0 Å². The predicted octanol–water partition coefficient (Wildman–Crippen LogP) is 3.86. The molecule has 98 valence electrons. The number of hydrogen-bond acceptors (Lipinski definition) is 0. The highest BCUT2D eigenvalue weighted by molar-refractivity contribution is 6.17. The molecule has 2 aromatic heterocycles. The highest BCUT2D eigenvalue weighted by Crippen LogP contribution is 2.32. The molecule has 0 saturated heterocycles. The molecule has 0 aliphatic rings. The van der Waals surface area contributed by atoms with Gasteiger partial charge in [-0.2, -0.15) is 0 Å². The molecule has 0 atom stereocenters. The van der Waals surface area contributed by atoms with Crippen LogP contribution in [0.15, 0.2) is 48.8 Å². The molecule has 0 saturated carbocycles. The number of fused-ring (bicyclic) bond motifs is 5. The number of aromatic amines is 1. The Morgan fingerprint density at radius 2 is 1.85 bits per heavy atom. The zero-order chi connectivity index (χ0) is 13.7. The monoisotopic (exact) mass is 261 g/mol. The summed E-state index contributed by atoms with van der Waals surface area (Å²) in [6.07, 6.45) is 5.39. The summed E-state index contributed by atoms with van der Waals surface area (Å²) < 4.78 is 2.12. The number of aryl methyl sites for hydroxylation is 2. The zero-order valence-corrected chi connectivity index (χ0v) is 11.8. The number of pyridine rings is 1. The molecule has 0 aliphatic heterocycles. The fourth-order valence-electron chi connectivity index (χ4n) is 3.15. The van der Waals surface area contributed by atoms with Gasteiger partial charge in [0.2, 0.25) is 0 Å². The van der Waals surface area contributed by atoms with Gasteiger partial charge in [0.25, 0.3) is 0 Å². The Hall–Kier alpha value is -2.35. The summed E-state index contributed by atoms with van der Waals surface area (Å²) in [5, 5.41) is 5.30. The Balaban J connectivity index is 2.31. The van der Waals surface area contributed by atoms with Gasteiger partial charge in [-0.15, -0.1) is 0 Å².